The van der Waals surface area contributed by atoms with Crippen LogP contribution in [0.25, 0.3) is 0 Å². The van der Waals surface area contributed by atoms with Gasteiger partial charge in [-0.3, -0.25) is 4.79 Å². The van der Waals surface area contributed by atoms with Gasteiger partial charge in [0.15, 0.2) is 6.61 Å². The fraction of sp³-hybridized carbons (Fsp3) is 0.235. The van der Waals surface area contributed by atoms with Gasteiger partial charge in [-0.1, -0.05) is 30.7 Å². The lowest BCUT2D eigenvalue weighted by molar-refractivity contribution is -0.118. The molecule has 4 nitrogen and oxygen atoms in total. The van der Waals surface area contributed by atoms with Crippen LogP contribution in [0.4, 0.5) is 5.69 Å². The molecule has 0 radical (unpaired) electrons. The summed E-state index contributed by atoms with van der Waals surface area (Å²) >= 11 is 5.86. The first-order valence-electron chi connectivity index (χ1n) is 7.08. The van der Waals surface area contributed by atoms with Crippen molar-refractivity contribution in [3.63, 3.8) is 0 Å². The summed E-state index contributed by atoms with van der Waals surface area (Å²) in [5.41, 5.74) is 0.640. The minimum Gasteiger partial charge on any atom is -0.493 e. The number of benzene rings is 2. The van der Waals surface area contributed by atoms with Gasteiger partial charge in [0.25, 0.3) is 5.91 Å². The van der Waals surface area contributed by atoms with E-state index in [-0.39, 0.29) is 12.5 Å². The number of carbonyl (C=O) groups is 1. The molecule has 0 fully saturated rings. The van der Waals surface area contributed by atoms with Crippen molar-refractivity contribution in [3.8, 4) is 11.5 Å². The normalized spacial score (nSPS) is 10.1. The predicted octanol–water partition coefficient (Wildman–Crippen LogP) is 4.15. The Hall–Kier alpha value is -2.20. The third kappa shape index (κ3) is 5.30. The van der Waals surface area contributed by atoms with Crippen molar-refractivity contribution in [1.82, 2.24) is 0 Å². The Kier molecular flexibility index (Phi) is 6.10. The lowest BCUT2D eigenvalue weighted by Crippen LogP contribution is -2.20. The molecule has 0 aromatic heterocycles. The fourth-order valence-electron chi connectivity index (χ4n) is 1.79. The first-order valence-corrected chi connectivity index (χ1v) is 7.46. The summed E-state index contributed by atoms with van der Waals surface area (Å²) in [5, 5.41) is 3.29. The third-order valence-electron chi connectivity index (χ3n) is 2.76. The monoisotopic (exact) mass is 319 g/mol. The molecule has 0 atom stereocenters. The summed E-state index contributed by atoms with van der Waals surface area (Å²) in [6.07, 6.45) is 0.938. The number of ether oxygens (including phenoxy) is 2. The van der Waals surface area contributed by atoms with Gasteiger partial charge in [-0.2, -0.15) is 0 Å². The highest BCUT2D eigenvalue weighted by Crippen LogP contribution is 2.20. The molecule has 5 heteroatoms. The molecule has 0 aliphatic rings. The number of rotatable bonds is 7. The van der Waals surface area contributed by atoms with E-state index in [1.54, 1.807) is 36.4 Å². The Bertz CT molecular complexity index is 631. The molecule has 0 unspecified atom stereocenters. The fourth-order valence-corrected chi connectivity index (χ4v) is 1.98. The number of hydrogen-bond acceptors (Lipinski definition) is 3. The zero-order chi connectivity index (χ0) is 15.8. The van der Waals surface area contributed by atoms with Gasteiger partial charge in [-0.05, 0) is 36.8 Å². The number of halogens is 1. The number of nitrogens with one attached hydrogen (secondary N) is 1. The Morgan fingerprint density at radius 1 is 1.09 bits per heavy atom. The van der Waals surface area contributed by atoms with Crippen molar-refractivity contribution in [2.75, 3.05) is 18.5 Å². The second-order valence-corrected chi connectivity index (χ2v) is 5.11. The molecule has 1 amide bonds. The van der Waals surface area contributed by atoms with E-state index < -0.39 is 0 Å². The van der Waals surface area contributed by atoms with Gasteiger partial charge >= 0.3 is 0 Å². The summed E-state index contributed by atoms with van der Waals surface area (Å²) < 4.78 is 11.0. The smallest absolute Gasteiger partial charge is 0.262 e. The van der Waals surface area contributed by atoms with Crippen LogP contribution in [-0.2, 0) is 4.79 Å². The van der Waals surface area contributed by atoms with Gasteiger partial charge in [0, 0.05) is 16.8 Å². The number of carbonyl (C=O) groups excluding carboxylic acids is 1. The molecule has 0 saturated carbocycles. The Morgan fingerprint density at radius 3 is 2.55 bits per heavy atom. The van der Waals surface area contributed by atoms with Gasteiger partial charge in [0.1, 0.15) is 11.5 Å². The van der Waals surface area contributed by atoms with Crippen LogP contribution in [-0.4, -0.2) is 19.1 Å². The van der Waals surface area contributed by atoms with Crippen LogP contribution >= 0.6 is 11.6 Å². The highest BCUT2D eigenvalue weighted by atomic mass is 35.5. The predicted molar refractivity (Wildman–Crippen MR) is 87.8 cm³/mol. The Balaban J connectivity index is 1.85. The van der Waals surface area contributed by atoms with Crippen LogP contribution in [0.2, 0.25) is 5.02 Å². The van der Waals surface area contributed by atoms with E-state index >= 15 is 0 Å². The zero-order valence-corrected chi connectivity index (χ0v) is 13.1. The second-order valence-electron chi connectivity index (χ2n) is 4.67. The first kappa shape index (κ1) is 16.2. The Labute approximate surface area is 135 Å². The molecule has 0 aliphatic heterocycles. The van der Waals surface area contributed by atoms with E-state index in [0.29, 0.717) is 23.1 Å². The highest BCUT2D eigenvalue weighted by Gasteiger charge is 2.05. The molecule has 0 spiro atoms. The van der Waals surface area contributed by atoms with Crippen LogP contribution < -0.4 is 14.8 Å². The van der Waals surface area contributed by atoms with Crippen molar-refractivity contribution in [2.24, 2.45) is 0 Å². The second kappa shape index (κ2) is 8.29. The van der Waals surface area contributed by atoms with Crippen LogP contribution in [0, 0.1) is 0 Å². The minimum absolute atomic E-state index is 0.0796. The van der Waals surface area contributed by atoms with Gasteiger partial charge in [-0.15, -0.1) is 0 Å². The molecule has 0 aliphatic carbocycles. The molecule has 2 rings (SSSR count). The van der Waals surface area contributed by atoms with Crippen LogP contribution in [0.5, 0.6) is 11.5 Å². The lowest BCUT2D eigenvalue weighted by atomic mass is 10.3. The largest absolute Gasteiger partial charge is 0.493 e. The van der Waals surface area contributed by atoms with E-state index in [2.05, 4.69) is 5.32 Å². The molecule has 116 valence electrons. The molecular weight excluding hydrogens is 302 g/mol. The van der Waals surface area contributed by atoms with Crippen molar-refractivity contribution in [1.29, 1.82) is 0 Å². The summed E-state index contributed by atoms with van der Waals surface area (Å²) in [6.45, 7) is 2.61. The van der Waals surface area contributed by atoms with Crippen molar-refractivity contribution >= 4 is 23.2 Å². The average Bonchev–Trinajstić information content (AvgIpc) is 2.51. The van der Waals surface area contributed by atoms with Gasteiger partial charge in [-0.25, -0.2) is 0 Å². The summed E-state index contributed by atoms with van der Waals surface area (Å²) in [4.78, 5) is 11.8. The SMILES string of the molecule is CCCOc1cccc(OCC(=O)Nc2cccc(Cl)c2)c1. The minimum atomic E-state index is -0.248. The molecule has 0 saturated heterocycles. The third-order valence-corrected chi connectivity index (χ3v) is 2.99. The number of anilines is 1. The number of amides is 1. The van der Waals surface area contributed by atoms with E-state index in [1.165, 1.54) is 0 Å². The van der Waals surface area contributed by atoms with Crippen molar-refractivity contribution in [3.05, 3.63) is 53.6 Å². The molecule has 2 aromatic rings. The topological polar surface area (TPSA) is 47.6 Å². The van der Waals surface area contributed by atoms with E-state index in [0.717, 1.165) is 12.2 Å². The van der Waals surface area contributed by atoms with E-state index in [4.69, 9.17) is 21.1 Å². The maximum absolute atomic E-state index is 11.8. The maximum Gasteiger partial charge on any atom is 0.262 e. The zero-order valence-electron chi connectivity index (χ0n) is 12.3. The molecule has 0 heterocycles. The maximum atomic E-state index is 11.8. The standard InChI is InChI=1S/C17H18ClNO3/c1-2-9-21-15-7-4-8-16(11-15)22-12-17(20)19-14-6-3-5-13(18)10-14/h3-8,10-11H,2,9,12H2,1H3,(H,19,20). The quantitative estimate of drug-likeness (QED) is 0.834. The molecule has 2 aromatic carbocycles. The van der Waals surface area contributed by atoms with E-state index in [9.17, 15) is 4.79 Å². The summed E-state index contributed by atoms with van der Waals surface area (Å²) in [6, 6.07) is 14.2. The van der Waals surface area contributed by atoms with Gasteiger partial charge in [0.05, 0.1) is 6.61 Å². The lowest BCUT2D eigenvalue weighted by Gasteiger charge is -2.09. The van der Waals surface area contributed by atoms with Crippen LogP contribution in [0.3, 0.4) is 0 Å². The van der Waals surface area contributed by atoms with Crippen molar-refractivity contribution in [2.45, 2.75) is 13.3 Å². The van der Waals surface area contributed by atoms with Gasteiger partial charge in [0.2, 0.25) is 0 Å². The molecule has 1 N–H and O–H groups in total. The van der Waals surface area contributed by atoms with Crippen LogP contribution in [0.15, 0.2) is 48.5 Å². The first-order chi connectivity index (χ1) is 10.7. The highest BCUT2D eigenvalue weighted by molar-refractivity contribution is 6.30. The summed E-state index contributed by atoms with van der Waals surface area (Å²) in [5.74, 6) is 1.08. The van der Waals surface area contributed by atoms with E-state index in [1.807, 2.05) is 19.1 Å². The summed E-state index contributed by atoms with van der Waals surface area (Å²) in [7, 11) is 0. The Morgan fingerprint density at radius 2 is 1.82 bits per heavy atom. The average molecular weight is 320 g/mol. The molecule has 0 bridgehead atoms. The number of hydrogen-bond donors (Lipinski definition) is 1. The van der Waals surface area contributed by atoms with Crippen LogP contribution in [0.1, 0.15) is 13.3 Å². The van der Waals surface area contributed by atoms with Gasteiger partial charge < -0.3 is 14.8 Å². The molecule has 22 heavy (non-hydrogen) atoms. The molecular formula is C17H18ClNO3. The van der Waals surface area contributed by atoms with Crippen molar-refractivity contribution < 1.29 is 14.3 Å².